The van der Waals surface area contributed by atoms with Gasteiger partial charge in [-0.3, -0.25) is 0 Å². The van der Waals surface area contributed by atoms with Crippen molar-refractivity contribution in [3.05, 3.63) is 54.6 Å². The molecule has 9 nitrogen and oxygen atoms in total. The Balaban J connectivity index is 2.12. The van der Waals surface area contributed by atoms with E-state index in [0.29, 0.717) is 84.8 Å². The van der Waals surface area contributed by atoms with Crippen LogP contribution in [0.25, 0.3) is 33.4 Å². The van der Waals surface area contributed by atoms with Crippen LogP contribution in [0.2, 0.25) is 0 Å². The lowest BCUT2D eigenvalue weighted by Gasteiger charge is -2.23. The van der Waals surface area contributed by atoms with Gasteiger partial charge in [0, 0.05) is 16.7 Å². The fourth-order valence-corrected chi connectivity index (χ4v) is 4.34. The lowest BCUT2D eigenvalue weighted by molar-refractivity contribution is 0.417. The van der Waals surface area contributed by atoms with E-state index in [1.807, 2.05) is 18.2 Å². The molecule has 4 aromatic carbocycles. The number of hydrogen-bond donors (Lipinski definition) is 6. The maximum Gasteiger partial charge on any atom is 0.142 e. The first kappa shape index (κ1) is 24.2. The van der Waals surface area contributed by atoms with Crippen LogP contribution in [0.4, 0.5) is 34.1 Å². The van der Waals surface area contributed by atoms with E-state index in [-0.39, 0.29) is 0 Å². The minimum atomic E-state index is 0.384. The maximum absolute atomic E-state index is 6.79. The Morgan fingerprint density at radius 1 is 0.417 bits per heavy atom. The van der Waals surface area contributed by atoms with Crippen LogP contribution in [-0.2, 0) is 0 Å². The van der Waals surface area contributed by atoms with Crippen LogP contribution in [0.3, 0.4) is 0 Å². The molecule has 0 unspecified atom stereocenters. The van der Waals surface area contributed by atoms with Crippen LogP contribution in [-0.4, -0.2) is 21.3 Å². The van der Waals surface area contributed by atoms with Crippen molar-refractivity contribution < 1.29 is 14.2 Å². The zero-order valence-electron chi connectivity index (χ0n) is 20.4. The van der Waals surface area contributed by atoms with Crippen molar-refractivity contribution in [2.24, 2.45) is 0 Å². The summed E-state index contributed by atoms with van der Waals surface area (Å²) in [6.45, 7) is 0. The van der Waals surface area contributed by atoms with Crippen LogP contribution in [0.15, 0.2) is 54.6 Å². The molecule has 0 atom stereocenters. The molecule has 4 aromatic rings. The molecule has 4 rings (SSSR count). The molecule has 0 amide bonds. The summed E-state index contributed by atoms with van der Waals surface area (Å²) < 4.78 is 16.3. The Labute approximate surface area is 209 Å². The summed E-state index contributed by atoms with van der Waals surface area (Å²) in [7, 11) is 4.63. The maximum atomic E-state index is 6.79. The van der Waals surface area contributed by atoms with E-state index in [1.165, 1.54) is 0 Å². The van der Waals surface area contributed by atoms with Crippen molar-refractivity contribution in [1.82, 2.24) is 0 Å². The van der Waals surface area contributed by atoms with E-state index in [1.54, 1.807) is 57.7 Å². The molecule has 186 valence electrons. The van der Waals surface area contributed by atoms with Crippen molar-refractivity contribution in [2.75, 3.05) is 55.7 Å². The quantitative estimate of drug-likeness (QED) is 0.217. The Hall–Kier alpha value is -4.92. The first-order chi connectivity index (χ1) is 17.2. The predicted molar refractivity (Wildman–Crippen MR) is 149 cm³/mol. The largest absolute Gasteiger partial charge is 0.495 e. The highest BCUT2D eigenvalue weighted by Crippen LogP contribution is 2.51. The molecule has 0 aromatic heterocycles. The summed E-state index contributed by atoms with van der Waals surface area (Å²) in [5.74, 6) is 1.48. The van der Waals surface area contributed by atoms with Gasteiger partial charge in [0.2, 0.25) is 0 Å². The van der Waals surface area contributed by atoms with Crippen molar-refractivity contribution in [2.45, 2.75) is 0 Å². The molecular formula is C27H30N6O3. The van der Waals surface area contributed by atoms with Crippen molar-refractivity contribution >= 4 is 34.1 Å². The van der Waals surface area contributed by atoms with Gasteiger partial charge in [-0.1, -0.05) is 18.2 Å². The Morgan fingerprint density at radius 2 is 0.667 bits per heavy atom. The SMILES string of the molecule is COc1cc(-c2c(N)c(-c3ccc(N)c(OC)c3)c(N)c(-c3ccc(N)c(OC)c3)c2N)ccc1N. The van der Waals surface area contributed by atoms with Gasteiger partial charge in [-0.25, -0.2) is 0 Å². The standard InChI is InChI=1S/C27H30N6O3/c1-34-19-10-13(4-7-16(19)28)22-25(31)23(14-5-8-17(29)20(11-14)35-2)27(33)24(26(22)32)15-6-9-18(30)21(12-15)36-3/h4-12H,28-33H2,1-3H3. The molecule has 0 aliphatic rings. The number of methoxy groups -OCH3 is 3. The van der Waals surface area contributed by atoms with Crippen molar-refractivity contribution in [3.63, 3.8) is 0 Å². The first-order valence-corrected chi connectivity index (χ1v) is 11.0. The minimum Gasteiger partial charge on any atom is -0.495 e. The van der Waals surface area contributed by atoms with Gasteiger partial charge < -0.3 is 48.6 Å². The van der Waals surface area contributed by atoms with Gasteiger partial charge in [-0.15, -0.1) is 0 Å². The van der Waals surface area contributed by atoms with Gasteiger partial charge in [-0.2, -0.15) is 0 Å². The van der Waals surface area contributed by atoms with Crippen molar-refractivity contribution in [3.8, 4) is 50.6 Å². The summed E-state index contributed by atoms with van der Waals surface area (Å²) >= 11 is 0. The Bertz CT molecular complexity index is 1270. The third-order valence-corrected chi connectivity index (χ3v) is 6.18. The number of nitrogens with two attached hydrogens (primary N) is 6. The van der Waals surface area contributed by atoms with E-state index in [0.717, 1.165) is 0 Å². The van der Waals surface area contributed by atoms with Gasteiger partial charge in [0.1, 0.15) is 17.2 Å². The Kier molecular flexibility index (Phi) is 6.31. The molecule has 0 bridgehead atoms. The topological polar surface area (TPSA) is 184 Å². The van der Waals surface area contributed by atoms with E-state index in [9.17, 15) is 0 Å². The third-order valence-electron chi connectivity index (χ3n) is 6.18. The molecule has 36 heavy (non-hydrogen) atoms. The van der Waals surface area contributed by atoms with Crippen LogP contribution in [0.1, 0.15) is 0 Å². The van der Waals surface area contributed by atoms with Gasteiger partial charge in [0.25, 0.3) is 0 Å². The molecule has 0 aliphatic carbocycles. The molecule has 0 fully saturated rings. The number of nitrogen functional groups attached to an aromatic ring is 6. The first-order valence-electron chi connectivity index (χ1n) is 11.0. The average Bonchev–Trinajstić information content (AvgIpc) is 2.86. The number of benzene rings is 4. The highest BCUT2D eigenvalue weighted by molar-refractivity contribution is 6.10. The van der Waals surface area contributed by atoms with Crippen LogP contribution in [0, 0.1) is 0 Å². The van der Waals surface area contributed by atoms with Gasteiger partial charge in [0.05, 0.1) is 55.5 Å². The summed E-state index contributed by atoms with van der Waals surface area (Å²) in [5, 5.41) is 0. The molecular weight excluding hydrogens is 456 g/mol. The van der Waals surface area contributed by atoms with Gasteiger partial charge >= 0.3 is 0 Å². The van der Waals surface area contributed by atoms with Crippen molar-refractivity contribution in [1.29, 1.82) is 0 Å². The van der Waals surface area contributed by atoms with E-state index in [2.05, 4.69) is 0 Å². The second kappa shape index (κ2) is 9.38. The third kappa shape index (κ3) is 3.96. The fourth-order valence-electron chi connectivity index (χ4n) is 4.34. The monoisotopic (exact) mass is 486 g/mol. The van der Waals surface area contributed by atoms with E-state index >= 15 is 0 Å². The lowest BCUT2D eigenvalue weighted by Crippen LogP contribution is -2.07. The smallest absolute Gasteiger partial charge is 0.142 e. The van der Waals surface area contributed by atoms with E-state index in [4.69, 9.17) is 48.6 Å². The number of rotatable bonds is 6. The van der Waals surface area contributed by atoms with Gasteiger partial charge in [0.15, 0.2) is 0 Å². The lowest BCUT2D eigenvalue weighted by atomic mass is 9.87. The summed E-state index contributed by atoms with van der Waals surface area (Å²) in [6.07, 6.45) is 0. The number of ether oxygens (including phenoxy) is 3. The Morgan fingerprint density at radius 3 is 0.889 bits per heavy atom. The second-order valence-electron chi connectivity index (χ2n) is 8.24. The molecule has 0 saturated heterocycles. The molecule has 0 spiro atoms. The van der Waals surface area contributed by atoms with Gasteiger partial charge in [-0.05, 0) is 53.1 Å². The molecule has 12 N–H and O–H groups in total. The highest BCUT2D eigenvalue weighted by Gasteiger charge is 2.24. The summed E-state index contributed by atoms with van der Waals surface area (Å²) in [5.41, 5.74) is 45.0. The summed E-state index contributed by atoms with van der Waals surface area (Å²) in [4.78, 5) is 0. The van der Waals surface area contributed by atoms with Crippen LogP contribution >= 0.6 is 0 Å². The molecule has 0 saturated carbocycles. The van der Waals surface area contributed by atoms with Crippen LogP contribution < -0.4 is 48.6 Å². The van der Waals surface area contributed by atoms with Crippen LogP contribution in [0.5, 0.6) is 17.2 Å². The second-order valence-corrected chi connectivity index (χ2v) is 8.24. The fraction of sp³-hybridized carbons (Fsp3) is 0.111. The molecule has 0 aliphatic heterocycles. The highest BCUT2D eigenvalue weighted by atomic mass is 16.5. The zero-order valence-corrected chi connectivity index (χ0v) is 20.4. The normalized spacial score (nSPS) is 10.8. The van der Waals surface area contributed by atoms with E-state index < -0.39 is 0 Å². The minimum absolute atomic E-state index is 0.384. The molecule has 9 heteroatoms. The molecule has 0 heterocycles. The molecule has 0 radical (unpaired) electrons. The predicted octanol–water partition coefficient (Wildman–Crippen LogP) is 4.21. The zero-order chi connectivity index (χ0) is 26.1. The number of hydrogen-bond acceptors (Lipinski definition) is 9. The summed E-state index contributed by atoms with van der Waals surface area (Å²) in [6, 6.07) is 16.1. The average molecular weight is 487 g/mol. The number of anilines is 6.